The number of carbonyl (C=O) groups excluding carboxylic acids is 2. The minimum absolute atomic E-state index is 0.00374. The van der Waals surface area contributed by atoms with Gasteiger partial charge in [-0.1, -0.05) is 49.6 Å². The van der Waals surface area contributed by atoms with Crippen LogP contribution < -0.4 is 0 Å². The van der Waals surface area contributed by atoms with Crippen LogP contribution in [0.4, 0.5) is 0 Å². The molecule has 0 spiro atoms. The second kappa shape index (κ2) is 13.3. The van der Waals surface area contributed by atoms with Gasteiger partial charge in [0.1, 0.15) is 0 Å². The van der Waals surface area contributed by atoms with E-state index in [1.54, 1.807) is 12.0 Å². The molecule has 2 aromatic rings. The van der Waals surface area contributed by atoms with Crippen LogP contribution in [0.15, 0.2) is 48.7 Å². The Kier molecular flexibility index (Phi) is 10.2. The third-order valence-electron chi connectivity index (χ3n) is 6.76. The maximum Gasteiger partial charge on any atom is 0.242 e. The van der Waals surface area contributed by atoms with Crippen molar-refractivity contribution in [3.05, 3.63) is 59.9 Å². The number of methoxy groups -OCH3 is 1. The molecule has 1 aromatic carbocycles. The van der Waals surface area contributed by atoms with Gasteiger partial charge in [0.2, 0.25) is 11.8 Å². The third kappa shape index (κ3) is 7.45. The van der Waals surface area contributed by atoms with Crippen LogP contribution in [-0.2, 0) is 27.4 Å². The van der Waals surface area contributed by atoms with Crippen LogP contribution in [0.3, 0.4) is 0 Å². The second-order valence-electron chi connectivity index (χ2n) is 9.67. The summed E-state index contributed by atoms with van der Waals surface area (Å²) < 4.78 is 7.40. The van der Waals surface area contributed by atoms with E-state index in [1.165, 1.54) is 12.0 Å². The van der Waals surface area contributed by atoms with Crippen LogP contribution >= 0.6 is 0 Å². The van der Waals surface area contributed by atoms with Crippen molar-refractivity contribution < 1.29 is 14.3 Å². The molecule has 34 heavy (non-hydrogen) atoms. The van der Waals surface area contributed by atoms with Crippen molar-refractivity contribution in [2.75, 3.05) is 26.8 Å². The maximum absolute atomic E-state index is 13.5. The molecule has 0 bridgehead atoms. The van der Waals surface area contributed by atoms with Crippen molar-refractivity contribution in [1.29, 1.82) is 0 Å². The Labute approximate surface area is 204 Å². The quantitative estimate of drug-likeness (QED) is 0.425. The Morgan fingerprint density at radius 3 is 2.47 bits per heavy atom. The zero-order chi connectivity index (χ0) is 24.3. The lowest BCUT2D eigenvalue weighted by Crippen LogP contribution is -2.47. The smallest absolute Gasteiger partial charge is 0.242 e. The summed E-state index contributed by atoms with van der Waals surface area (Å²) in [5.74, 6) is 0.198. The zero-order valence-electron chi connectivity index (χ0n) is 21.1. The van der Waals surface area contributed by atoms with Crippen molar-refractivity contribution >= 4 is 11.8 Å². The second-order valence-corrected chi connectivity index (χ2v) is 9.67. The molecular weight excluding hydrogens is 426 g/mol. The van der Waals surface area contributed by atoms with Gasteiger partial charge in [-0.15, -0.1) is 0 Å². The lowest BCUT2D eigenvalue weighted by atomic mass is 9.88. The fraction of sp³-hybridized carbons (Fsp3) is 0.571. The highest BCUT2D eigenvalue weighted by molar-refractivity contribution is 5.86. The molecule has 6 heteroatoms. The molecule has 1 fully saturated rings. The molecule has 6 nitrogen and oxygen atoms in total. The van der Waals surface area contributed by atoms with Crippen LogP contribution in [-0.4, -0.2) is 59.0 Å². The first-order chi connectivity index (χ1) is 16.5. The summed E-state index contributed by atoms with van der Waals surface area (Å²) in [6, 6.07) is 14.5. The Bertz CT molecular complexity index is 887. The highest BCUT2D eigenvalue weighted by Gasteiger charge is 2.29. The fourth-order valence-electron chi connectivity index (χ4n) is 4.79. The lowest BCUT2D eigenvalue weighted by molar-refractivity contribution is -0.145. The van der Waals surface area contributed by atoms with Crippen molar-refractivity contribution in [3.63, 3.8) is 0 Å². The molecule has 1 aromatic heterocycles. The molecule has 3 rings (SSSR count). The minimum atomic E-state index is 0.00374. The van der Waals surface area contributed by atoms with Gasteiger partial charge in [-0.2, -0.15) is 0 Å². The molecule has 0 unspecified atom stereocenters. The number of carbonyl (C=O) groups is 2. The summed E-state index contributed by atoms with van der Waals surface area (Å²) in [5.41, 5.74) is 2.32. The molecule has 0 N–H and O–H groups in total. The predicted molar refractivity (Wildman–Crippen MR) is 135 cm³/mol. The first-order valence-corrected chi connectivity index (χ1v) is 12.7. The Hall–Kier alpha value is -2.60. The summed E-state index contributed by atoms with van der Waals surface area (Å²) in [6.45, 7) is 6.67. The molecule has 0 aliphatic heterocycles. The van der Waals surface area contributed by atoms with Crippen molar-refractivity contribution in [2.45, 2.75) is 71.5 Å². The van der Waals surface area contributed by atoms with Gasteiger partial charge in [0.25, 0.3) is 0 Å². The van der Waals surface area contributed by atoms with Crippen LogP contribution in [0.5, 0.6) is 0 Å². The van der Waals surface area contributed by atoms with E-state index in [0.29, 0.717) is 19.7 Å². The zero-order valence-corrected chi connectivity index (χ0v) is 21.1. The van der Waals surface area contributed by atoms with E-state index in [9.17, 15) is 9.59 Å². The molecule has 1 aliphatic carbocycles. The molecule has 2 amide bonds. The SMILES string of the molecule is COCCCN(CC(=O)N(Cc1cccn1Cc1ccccc1)C(C)C)C(=O)C1CCCCC1. The Balaban J connectivity index is 1.69. The first kappa shape index (κ1) is 26.0. The number of nitrogens with zero attached hydrogens (tertiary/aromatic N) is 3. The number of aromatic nitrogens is 1. The molecule has 0 atom stereocenters. The van der Waals surface area contributed by atoms with Crippen molar-refractivity contribution in [2.24, 2.45) is 5.92 Å². The molecule has 1 saturated carbocycles. The van der Waals surface area contributed by atoms with E-state index in [0.717, 1.165) is 44.3 Å². The van der Waals surface area contributed by atoms with Crippen LogP contribution in [0.25, 0.3) is 0 Å². The van der Waals surface area contributed by atoms with E-state index < -0.39 is 0 Å². The fourth-order valence-corrected chi connectivity index (χ4v) is 4.79. The average molecular weight is 468 g/mol. The van der Waals surface area contributed by atoms with Gasteiger partial charge in [-0.25, -0.2) is 0 Å². The van der Waals surface area contributed by atoms with Gasteiger partial charge in [0, 0.05) is 50.7 Å². The van der Waals surface area contributed by atoms with Crippen molar-refractivity contribution in [3.8, 4) is 0 Å². The minimum Gasteiger partial charge on any atom is -0.385 e. The monoisotopic (exact) mass is 467 g/mol. The summed E-state index contributed by atoms with van der Waals surface area (Å²) in [7, 11) is 1.67. The molecule has 1 aliphatic rings. The summed E-state index contributed by atoms with van der Waals surface area (Å²) in [5, 5.41) is 0. The predicted octanol–water partition coefficient (Wildman–Crippen LogP) is 4.72. The number of hydrogen-bond acceptors (Lipinski definition) is 3. The van der Waals surface area contributed by atoms with Gasteiger partial charge in [-0.3, -0.25) is 9.59 Å². The van der Waals surface area contributed by atoms with Crippen LogP contribution in [0.2, 0.25) is 0 Å². The average Bonchev–Trinajstić information content (AvgIpc) is 3.29. The first-order valence-electron chi connectivity index (χ1n) is 12.7. The summed E-state index contributed by atoms with van der Waals surface area (Å²) in [4.78, 5) is 30.5. The molecular formula is C28H41N3O3. The van der Waals surface area contributed by atoms with Gasteiger partial charge in [0.15, 0.2) is 0 Å². The van der Waals surface area contributed by atoms with Gasteiger partial charge in [-0.05, 0) is 50.8 Å². The molecule has 1 heterocycles. The number of ether oxygens (including phenoxy) is 1. The normalized spacial score (nSPS) is 14.4. The standard InChI is InChI=1S/C28H41N3O3/c1-23(2)31(21-26-16-10-17-29(26)20-24-12-6-4-7-13-24)27(32)22-30(18-11-19-34-3)28(33)25-14-8-5-9-15-25/h4,6-7,10,12-13,16-17,23,25H,5,8-9,11,14-15,18-22H2,1-3H3. The summed E-state index contributed by atoms with van der Waals surface area (Å²) >= 11 is 0. The number of hydrogen-bond donors (Lipinski definition) is 0. The summed E-state index contributed by atoms with van der Waals surface area (Å²) in [6.07, 6.45) is 8.10. The number of rotatable bonds is 12. The highest BCUT2D eigenvalue weighted by Crippen LogP contribution is 2.25. The molecule has 186 valence electrons. The van der Waals surface area contributed by atoms with E-state index in [1.807, 2.05) is 43.0 Å². The lowest BCUT2D eigenvalue weighted by Gasteiger charge is -2.33. The van der Waals surface area contributed by atoms with E-state index in [2.05, 4.69) is 29.0 Å². The Morgan fingerprint density at radius 1 is 1.06 bits per heavy atom. The van der Waals surface area contributed by atoms with Gasteiger partial charge < -0.3 is 19.1 Å². The van der Waals surface area contributed by atoms with Gasteiger partial charge in [0.05, 0.1) is 13.1 Å². The largest absolute Gasteiger partial charge is 0.385 e. The molecule has 0 saturated heterocycles. The van der Waals surface area contributed by atoms with Gasteiger partial charge >= 0.3 is 0 Å². The Morgan fingerprint density at radius 2 is 1.79 bits per heavy atom. The highest BCUT2D eigenvalue weighted by atomic mass is 16.5. The topological polar surface area (TPSA) is 54.8 Å². The third-order valence-corrected chi connectivity index (χ3v) is 6.76. The number of benzene rings is 1. The van der Waals surface area contributed by atoms with Crippen LogP contribution in [0, 0.1) is 5.92 Å². The van der Waals surface area contributed by atoms with Crippen molar-refractivity contribution in [1.82, 2.24) is 14.4 Å². The van der Waals surface area contributed by atoms with E-state index in [4.69, 9.17) is 4.74 Å². The van der Waals surface area contributed by atoms with E-state index >= 15 is 0 Å². The number of amides is 2. The van der Waals surface area contributed by atoms with Crippen LogP contribution in [0.1, 0.15) is 63.6 Å². The van der Waals surface area contributed by atoms with E-state index in [-0.39, 0.29) is 30.3 Å². The molecule has 0 radical (unpaired) electrons. The maximum atomic E-state index is 13.5.